The van der Waals surface area contributed by atoms with Gasteiger partial charge >= 0.3 is 0 Å². The van der Waals surface area contributed by atoms with Crippen LogP contribution in [0.15, 0.2) is 24.4 Å². The first kappa shape index (κ1) is 26.5. The molecule has 3 N–H and O–H groups in total. The third-order valence-electron chi connectivity index (χ3n) is 7.23. The largest absolute Gasteiger partial charge is 0.339 e. The van der Waals surface area contributed by atoms with Crippen molar-refractivity contribution in [2.75, 3.05) is 5.32 Å². The molecule has 37 heavy (non-hydrogen) atoms. The maximum Gasteiger partial charge on any atom is 0.270 e. The lowest BCUT2D eigenvalue weighted by atomic mass is 9.79. The van der Waals surface area contributed by atoms with Crippen molar-refractivity contribution < 1.29 is 14.0 Å². The Labute approximate surface area is 216 Å². The van der Waals surface area contributed by atoms with Crippen LogP contribution in [0.5, 0.6) is 0 Å². The number of pyridine rings is 1. The molecular formula is C27H36FN7O2. The lowest BCUT2D eigenvalue weighted by Crippen LogP contribution is -2.49. The third-order valence-corrected chi connectivity index (χ3v) is 7.23. The van der Waals surface area contributed by atoms with Crippen molar-refractivity contribution in [3.63, 3.8) is 0 Å². The summed E-state index contributed by atoms with van der Waals surface area (Å²) in [4.78, 5) is 30.7. The number of nitrogens with one attached hydrogen (secondary N) is 3. The lowest BCUT2D eigenvalue weighted by molar-refractivity contribution is -0.119. The van der Waals surface area contributed by atoms with Crippen LogP contribution >= 0.6 is 0 Å². The Morgan fingerprint density at radius 2 is 1.95 bits per heavy atom. The van der Waals surface area contributed by atoms with Crippen molar-refractivity contribution in [3.8, 4) is 11.1 Å². The highest BCUT2D eigenvalue weighted by atomic mass is 19.1. The number of carbonyl (C=O) groups is 2. The second-order valence-corrected chi connectivity index (χ2v) is 9.95. The zero-order chi connectivity index (χ0) is 26.5. The van der Waals surface area contributed by atoms with Crippen LogP contribution in [0.1, 0.15) is 74.8 Å². The first-order valence-electron chi connectivity index (χ1n) is 13.2. The number of nitrogens with zero attached hydrogens (tertiary/aromatic N) is 4. The van der Waals surface area contributed by atoms with Gasteiger partial charge in [-0.15, -0.1) is 0 Å². The second-order valence-electron chi connectivity index (χ2n) is 9.95. The molecule has 10 heteroatoms. The molecular weight excluding hydrogens is 473 g/mol. The zero-order valence-electron chi connectivity index (χ0n) is 22.0. The third kappa shape index (κ3) is 5.89. The van der Waals surface area contributed by atoms with E-state index in [0.717, 1.165) is 37.8 Å². The summed E-state index contributed by atoms with van der Waals surface area (Å²) in [6.07, 6.45) is 6.72. The number of amides is 2. The van der Waals surface area contributed by atoms with E-state index in [-0.39, 0.29) is 17.6 Å². The number of hydrogen-bond acceptors (Lipinski definition) is 5. The zero-order valence-corrected chi connectivity index (χ0v) is 22.0. The molecule has 0 unspecified atom stereocenters. The van der Waals surface area contributed by atoms with Gasteiger partial charge in [0.1, 0.15) is 17.6 Å². The Morgan fingerprint density at radius 1 is 1.19 bits per heavy atom. The smallest absolute Gasteiger partial charge is 0.270 e. The Bertz CT molecular complexity index is 1240. The first-order valence-corrected chi connectivity index (χ1v) is 13.2. The average molecular weight is 510 g/mol. The predicted octanol–water partition coefficient (Wildman–Crippen LogP) is 4.65. The number of aromatic amines is 1. The standard InChI is InChI=1S/C27H36FN7O2/c1-5-15-35-21(13-14-29-35)26(36)32-24(18-9-7-16(3)8-10-18)27(37)31-22-12-11-19(25(28)30-22)23-17(4)33-34-20(23)6-2/h11-14,16,18,24H,5-10,15H2,1-4H3,(H,32,36)(H,33,34)(H,30,31,37)/t16?,18?,24-/m0/s1. The van der Waals surface area contributed by atoms with Crippen LogP contribution in [0.4, 0.5) is 10.2 Å². The van der Waals surface area contributed by atoms with Gasteiger partial charge < -0.3 is 10.6 Å². The van der Waals surface area contributed by atoms with Gasteiger partial charge in [0.2, 0.25) is 11.9 Å². The first-order chi connectivity index (χ1) is 17.8. The Balaban J connectivity index is 1.55. The molecule has 4 rings (SSSR count). The summed E-state index contributed by atoms with van der Waals surface area (Å²) < 4.78 is 16.7. The van der Waals surface area contributed by atoms with Gasteiger partial charge in [-0.3, -0.25) is 19.4 Å². The molecule has 9 nitrogen and oxygen atoms in total. The van der Waals surface area contributed by atoms with Crippen LogP contribution < -0.4 is 10.6 Å². The summed E-state index contributed by atoms with van der Waals surface area (Å²) in [5, 5.41) is 17.0. The molecule has 0 radical (unpaired) electrons. The van der Waals surface area contributed by atoms with E-state index in [1.165, 1.54) is 0 Å². The normalized spacial score (nSPS) is 18.4. The number of anilines is 1. The van der Waals surface area contributed by atoms with E-state index in [4.69, 9.17) is 0 Å². The molecule has 0 saturated heterocycles. The number of rotatable bonds is 9. The maximum absolute atomic E-state index is 15.1. The number of hydrogen-bond donors (Lipinski definition) is 3. The second kappa shape index (κ2) is 11.7. The summed E-state index contributed by atoms with van der Waals surface area (Å²) in [7, 11) is 0. The van der Waals surface area contributed by atoms with E-state index < -0.39 is 17.9 Å². The highest BCUT2D eigenvalue weighted by molar-refractivity contribution is 6.00. The minimum atomic E-state index is -0.766. The minimum Gasteiger partial charge on any atom is -0.339 e. The molecule has 0 bridgehead atoms. The van der Waals surface area contributed by atoms with Crippen LogP contribution in [0.2, 0.25) is 0 Å². The van der Waals surface area contributed by atoms with Crippen molar-refractivity contribution >= 4 is 17.6 Å². The Morgan fingerprint density at radius 3 is 2.62 bits per heavy atom. The molecule has 1 aliphatic carbocycles. The van der Waals surface area contributed by atoms with Crippen molar-refractivity contribution in [1.82, 2.24) is 30.3 Å². The van der Waals surface area contributed by atoms with Crippen molar-refractivity contribution in [2.45, 2.75) is 78.8 Å². The predicted molar refractivity (Wildman–Crippen MR) is 139 cm³/mol. The molecule has 1 saturated carbocycles. The van der Waals surface area contributed by atoms with Crippen LogP contribution in [-0.2, 0) is 17.8 Å². The molecule has 198 valence electrons. The van der Waals surface area contributed by atoms with Crippen LogP contribution in [0, 0.1) is 24.7 Å². The molecule has 0 aromatic carbocycles. The number of carbonyl (C=O) groups excluding carboxylic acids is 2. The van der Waals surface area contributed by atoms with E-state index in [2.05, 4.69) is 37.8 Å². The molecule has 1 aliphatic rings. The number of aryl methyl sites for hydroxylation is 3. The van der Waals surface area contributed by atoms with E-state index in [9.17, 15) is 9.59 Å². The van der Waals surface area contributed by atoms with Gasteiger partial charge in [-0.2, -0.15) is 14.6 Å². The van der Waals surface area contributed by atoms with E-state index in [1.807, 2.05) is 20.8 Å². The van der Waals surface area contributed by atoms with Gasteiger partial charge in [0.25, 0.3) is 5.91 Å². The molecule has 1 fully saturated rings. The fraction of sp³-hybridized carbons (Fsp3) is 0.519. The van der Waals surface area contributed by atoms with E-state index in [0.29, 0.717) is 41.4 Å². The summed E-state index contributed by atoms with van der Waals surface area (Å²) in [5.74, 6) is -0.765. The monoisotopic (exact) mass is 509 g/mol. The SMILES string of the molecule is CCCn1nccc1C(=O)N[C@H](C(=O)Nc1ccc(-c2c(C)n[nH]c2CC)c(F)n1)C1CCC(C)CC1. The van der Waals surface area contributed by atoms with Gasteiger partial charge in [-0.05, 0) is 62.6 Å². The molecule has 3 heterocycles. The lowest BCUT2D eigenvalue weighted by Gasteiger charge is -2.32. The molecule has 2 amide bonds. The van der Waals surface area contributed by atoms with Gasteiger partial charge in [-0.25, -0.2) is 4.98 Å². The molecule has 0 aliphatic heterocycles. The number of aromatic nitrogens is 5. The number of H-pyrrole nitrogens is 1. The van der Waals surface area contributed by atoms with Gasteiger partial charge in [0.15, 0.2) is 0 Å². The van der Waals surface area contributed by atoms with Crippen molar-refractivity contribution in [1.29, 1.82) is 0 Å². The molecule has 3 aromatic heterocycles. The van der Waals surface area contributed by atoms with Gasteiger partial charge in [-0.1, -0.05) is 33.6 Å². The highest BCUT2D eigenvalue weighted by Gasteiger charge is 2.33. The summed E-state index contributed by atoms with van der Waals surface area (Å²) in [5.41, 5.74) is 2.95. The minimum absolute atomic E-state index is 0.0208. The summed E-state index contributed by atoms with van der Waals surface area (Å²) in [6, 6.07) is 4.08. The molecule has 3 aromatic rings. The highest BCUT2D eigenvalue weighted by Crippen LogP contribution is 2.32. The van der Waals surface area contributed by atoms with Crippen molar-refractivity contribution in [3.05, 3.63) is 47.4 Å². The molecule has 0 spiro atoms. The van der Waals surface area contributed by atoms with Crippen LogP contribution in [-0.4, -0.2) is 42.8 Å². The van der Waals surface area contributed by atoms with E-state index in [1.54, 1.807) is 29.1 Å². The summed E-state index contributed by atoms with van der Waals surface area (Å²) >= 11 is 0. The quantitative estimate of drug-likeness (QED) is 0.363. The van der Waals surface area contributed by atoms with Crippen LogP contribution in [0.25, 0.3) is 11.1 Å². The van der Waals surface area contributed by atoms with Gasteiger partial charge in [0.05, 0.1) is 5.69 Å². The average Bonchev–Trinajstić information content (AvgIpc) is 3.50. The van der Waals surface area contributed by atoms with E-state index >= 15 is 4.39 Å². The topological polar surface area (TPSA) is 118 Å². The fourth-order valence-electron chi connectivity index (χ4n) is 5.14. The Kier molecular flexibility index (Phi) is 8.35. The fourth-order valence-corrected chi connectivity index (χ4v) is 5.14. The number of halogens is 1. The van der Waals surface area contributed by atoms with Gasteiger partial charge in [0, 0.05) is 29.6 Å². The Hall–Kier alpha value is -3.56. The summed E-state index contributed by atoms with van der Waals surface area (Å²) in [6.45, 7) is 8.60. The van der Waals surface area contributed by atoms with Crippen LogP contribution in [0.3, 0.4) is 0 Å². The van der Waals surface area contributed by atoms with Crippen molar-refractivity contribution in [2.24, 2.45) is 11.8 Å². The molecule has 1 atom stereocenters. The maximum atomic E-state index is 15.1.